The van der Waals surface area contributed by atoms with E-state index in [1.165, 1.54) is 36.4 Å². The average Bonchev–Trinajstić information content (AvgIpc) is 3.07. The monoisotopic (exact) mass is 542 g/mol. The highest BCUT2D eigenvalue weighted by molar-refractivity contribution is 9.10. The van der Waals surface area contributed by atoms with Crippen LogP contribution in [0.4, 0.5) is 14.9 Å². The van der Waals surface area contributed by atoms with Crippen molar-refractivity contribution >= 4 is 50.6 Å². The molecule has 1 aliphatic rings. The van der Waals surface area contributed by atoms with Crippen LogP contribution >= 0.6 is 27.7 Å². The van der Waals surface area contributed by atoms with E-state index in [4.69, 9.17) is 4.74 Å². The number of rotatable bonds is 7. The van der Waals surface area contributed by atoms with Gasteiger partial charge in [0.2, 0.25) is 0 Å². The standard InChI is InChI=1S/C24H16BrFN2O5S/c25-20-11-17(5-10-21(20)33-14-16-1-6-18(26)7-2-16)12-22-23(29)27(24(30)34-22)13-15-3-8-19(9-4-15)28(31)32/h1-12H,13-14H2/b22-12+. The second-order valence-corrected chi connectivity index (χ2v) is 9.14. The van der Waals surface area contributed by atoms with Crippen molar-refractivity contribution in [1.82, 2.24) is 4.90 Å². The van der Waals surface area contributed by atoms with Crippen LogP contribution in [0, 0.1) is 15.9 Å². The van der Waals surface area contributed by atoms with Crippen molar-refractivity contribution in [2.24, 2.45) is 0 Å². The molecule has 1 heterocycles. The molecule has 0 N–H and O–H groups in total. The van der Waals surface area contributed by atoms with Crippen molar-refractivity contribution in [1.29, 1.82) is 0 Å². The fraction of sp³-hybridized carbons (Fsp3) is 0.0833. The minimum absolute atomic E-state index is 0.0276. The number of nitrogens with zero attached hydrogens (tertiary/aromatic N) is 2. The Bertz CT molecular complexity index is 1300. The summed E-state index contributed by atoms with van der Waals surface area (Å²) in [7, 11) is 0. The molecule has 7 nitrogen and oxygen atoms in total. The minimum atomic E-state index is -0.510. The highest BCUT2D eigenvalue weighted by atomic mass is 79.9. The molecule has 4 rings (SSSR count). The summed E-state index contributed by atoms with van der Waals surface area (Å²) in [6.45, 7) is 0.291. The Morgan fingerprint density at radius 2 is 1.71 bits per heavy atom. The van der Waals surface area contributed by atoms with Gasteiger partial charge in [-0.05, 0) is 74.7 Å². The van der Waals surface area contributed by atoms with Gasteiger partial charge in [0.25, 0.3) is 16.8 Å². The first kappa shape index (κ1) is 23.7. The van der Waals surface area contributed by atoms with Gasteiger partial charge in [0.1, 0.15) is 18.2 Å². The number of amides is 2. The van der Waals surface area contributed by atoms with Crippen molar-refractivity contribution in [3.05, 3.63) is 109 Å². The van der Waals surface area contributed by atoms with Crippen LogP contribution in [0.15, 0.2) is 76.1 Å². The van der Waals surface area contributed by atoms with Gasteiger partial charge in [-0.15, -0.1) is 0 Å². The van der Waals surface area contributed by atoms with Gasteiger partial charge >= 0.3 is 0 Å². The van der Waals surface area contributed by atoms with E-state index in [9.17, 15) is 24.1 Å². The van der Waals surface area contributed by atoms with Crippen LogP contribution < -0.4 is 4.74 Å². The third kappa shape index (κ3) is 5.52. The topological polar surface area (TPSA) is 89.8 Å². The van der Waals surface area contributed by atoms with Crippen LogP contribution in [0.5, 0.6) is 5.75 Å². The van der Waals surface area contributed by atoms with Gasteiger partial charge in [0, 0.05) is 12.1 Å². The predicted molar refractivity (Wildman–Crippen MR) is 129 cm³/mol. The van der Waals surface area contributed by atoms with E-state index in [1.807, 2.05) is 0 Å². The second-order valence-electron chi connectivity index (χ2n) is 7.30. The molecule has 3 aromatic rings. The SMILES string of the molecule is O=C1S/C(=C/c2ccc(OCc3ccc(F)cc3)c(Br)c2)C(=O)N1Cc1ccc([N+](=O)[O-])cc1. The van der Waals surface area contributed by atoms with Crippen molar-refractivity contribution in [3.8, 4) is 5.75 Å². The number of nitro benzene ring substituents is 1. The minimum Gasteiger partial charge on any atom is -0.488 e. The number of halogens is 2. The highest BCUT2D eigenvalue weighted by Crippen LogP contribution is 2.35. The lowest BCUT2D eigenvalue weighted by Gasteiger charge is -2.12. The molecule has 1 fully saturated rings. The van der Waals surface area contributed by atoms with E-state index < -0.39 is 16.1 Å². The number of carbonyl (C=O) groups excluding carboxylic acids is 2. The first-order valence-corrected chi connectivity index (χ1v) is 11.6. The van der Waals surface area contributed by atoms with Gasteiger partial charge in [-0.3, -0.25) is 24.6 Å². The third-order valence-corrected chi connectivity index (χ3v) is 6.45. The van der Waals surface area contributed by atoms with Gasteiger partial charge in [-0.1, -0.05) is 30.3 Å². The number of carbonyl (C=O) groups is 2. The normalized spacial score (nSPS) is 14.6. The lowest BCUT2D eigenvalue weighted by atomic mass is 10.2. The maximum Gasteiger partial charge on any atom is 0.293 e. The van der Waals surface area contributed by atoms with Crippen LogP contribution in [-0.4, -0.2) is 21.0 Å². The van der Waals surface area contributed by atoms with E-state index in [1.54, 1.807) is 36.4 Å². The number of hydrogen-bond acceptors (Lipinski definition) is 6. The van der Waals surface area contributed by atoms with E-state index in [0.717, 1.165) is 22.2 Å². The molecular formula is C24H16BrFN2O5S. The summed E-state index contributed by atoms with van der Waals surface area (Å²) in [6, 6.07) is 17.0. The molecule has 0 saturated carbocycles. The van der Waals surface area contributed by atoms with Crippen molar-refractivity contribution in [2.45, 2.75) is 13.2 Å². The highest BCUT2D eigenvalue weighted by Gasteiger charge is 2.35. The molecule has 0 spiro atoms. The van der Waals surface area contributed by atoms with Gasteiger partial charge in [0.05, 0.1) is 20.8 Å². The van der Waals surface area contributed by atoms with Crippen LogP contribution in [0.2, 0.25) is 0 Å². The summed E-state index contributed by atoms with van der Waals surface area (Å²) < 4.78 is 19.5. The lowest BCUT2D eigenvalue weighted by molar-refractivity contribution is -0.384. The first-order chi connectivity index (χ1) is 16.3. The molecular weight excluding hydrogens is 527 g/mol. The molecule has 3 aromatic carbocycles. The van der Waals surface area contributed by atoms with Crippen molar-refractivity contribution in [3.63, 3.8) is 0 Å². The second kappa shape index (κ2) is 10.2. The zero-order valence-electron chi connectivity index (χ0n) is 17.4. The molecule has 10 heteroatoms. The molecule has 1 saturated heterocycles. The Hall–Kier alpha value is -3.50. The molecule has 0 aromatic heterocycles. The summed E-state index contributed by atoms with van der Waals surface area (Å²) in [6.07, 6.45) is 1.62. The fourth-order valence-electron chi connectivity index (χ4n) is 3.16. The molecule has 0 aliphatic carbocycles. The fourth-order valence-corrected chi connectivity index (χ4v) is 4.51. The summed E-state index contributed by atoms with van der Waals surface area (Å²) in [4.78, 5) is 36.8. The van der Waals surface area contributed by atoms with Gasteiger partial charge < -0.3 is 4.74 Å². The van der Waals surface area contributed by atoms with Gasteiger partial charge in [-0.25, -0.2) is 4.39 Å². The number of non-ortho nitro benzene ring substituents is 1. The van der Waals surface area contributed by atoms with Crippen LogP contribution in [0.3, 0.4) is 0 Å². The maximum absolute atomic E-state index is 13.0. The number of hydrogen-bond donors (Lipinski definition) is 0. The molecule has 1 aliphatic heterocycles. The molecule has 0 bridgehead atoms. The summed E-state index contributed by atoms with van der Waals surface area (Å²) >= 11 is 4.29. The maximum atomic E-state index is 13.0. The average molecular weight is 543 g/mol. The molecule has 2 amide bonds. The number of ether oxygens (including phenoxy) is 1. The van der Waals surface area contributed by atoms with E-state index >= 15 is 0 Å². The van der Waals surface area contributed by atoms with Gasteiger partial charge in [-0.2, -0.15) is 0 Å². The summed E-state index contributed by atoms with van der Waals surface area (Å²) in [5.41, 5.74) is 2.06. The Kier molecular flexibility index (Phi) is 7.09. The van der Waals surface area contributed by atoms with Gasteiger partial charge in [0.15, 0.2) is 0 Å². The number of thioether (sulfide) groups is 1. The smallest absolute Gasteiger partial charge is 0.293 e. The molecule has 34 heavy (non-hydrogen) atoms. The number of benzene rings is 3. The van der Waals surface area contributed by atoms with E-state index in [2.05, 4.69) is 15.9 Å². The molecule has 0 unspecified atom stereocenters. The largest absolute Gasteiger partial charge is 0.488 e. The third-order valence-electron chi connectivity index (χ3n) is 4.92. The van der Waals surface area contributed by atoms with E-state index in [-0.39, 0.29) is 29.6 Å². The summed E-state index contributed by atoms with van der Waals surface area (Å²) in [5.74, 6) is -0.166. The Morgan fingerprint density at radius 1 is 1.03 bits per heavy atom. The first-order valence-electron chi connectivity index (χ1n) is 9.95. The van der Waals surface area contributed by atoms with Crippen LogP contribution in [0.1, 0.15) is 16.7 Å². The van der Waals surface area contributed by atoms with Crippen LogP contribution in [-0.2, 0) is 17.9 Å². The predicted octanol–water partition coefficient (Wildman–Crippen LogP) is 6.31. The molecule has 0 radical (unpaired) electrons. The summed E-state index contributed by atoms with van der Waals surface area (Å²) in [5, 5.41) is 10.4. The Balaban J connectivity index is 1.43. The zero-order valence-corrected chi connectivity index (χ0v) is 19.8. The van der Waals surface area contributed by atoms with E-state index in [0.29, 0.717) is 21.3 Å². The van der Waals surface area contributed by atoms with Crippen molar-refractivity contribution in [2.75, 3.05) is 0 Å². The van der Waals surface area contributed by atoms with Crippen molar-refractivity contribution < 1.29 is 23.6 Å². The Morgan fingerprint density at radius 3 is 2.35 bits per heavy atom. The quantitative estimate of drug-likeness (QED) is 0.197. The lowest BCUT2D eigenvalue weighted by Crippen LogP contribution is -2.27. The number of nitro groups is 1. The molecule has 172 valence electrons. The Labute approximate surface area is 206 Å². The molecule has 0 atom stereocenters. The zero-order chi connectivity index (χ0) is 24.2. The number of imide groups is 1. The van der Waals surface area contributed by atoms with Crippen LogP contribution in [0.25, 0.3) is 6.08 Å².